The number of benzene rings is 1. The lowest BCUT2D eigenvalue weighted by atomic mass is 10.1. The third kappa shape index (κ3) is 1.84. The number of carboxylic acids is 1. The van der Waals surface area contributed by atoms with Gasteiger partial charge < -0.3 is 10.0 Å². The quantitative estimate of drug-likeness (QED) is 0.777. The first-order valence-electron chi connectivity index (χ1n) is 6.61. The Hall–Kier alpha value is -2.89. The summed E-state index contributed by atoms with van der Waals surface area (Å²) in [6.45, 7) is 1.39. The molecule has 1 aliphatic rings. The molecule has 6 nitrogen and oxygen atoms in total. The van der Waals surface area contributed by atoms with Crippen LogP contribution in [0.4, 0.5) is 5.82 Å². The van der Waals surface area contributed by atoms with Crippen molar-refractivity contribution in [3.05, 3.63) is 59.5 Å². The lowest BCUT2D eigenvalue weighted by Crippen LogP contribution is -2.16. The van der Waals surface area contributed by atoms with Gasteiger partial charge in [-0.1, -0.05) is 6.07 Å². The van der Waals surface area contributed by atoms with Crippen molar-refractivity contribution in [3.63, 3.8) is 0 Å². The number of aromatic carboxylic acids is 1. The molecule has 0 amide bonds. The number of rotatable bonds is 2. The summed E-state index contributed by atoms with van der Waals surface area (Å²) in [5, 5.41) is 13.3. The highest BCUT2D eigenvalue weighted by Gasteiger charge is 2.23. The Kier molecular flexibility index (Phi) is 2.44. The van der Waals surface area contributed by atoms with Gasteiger partial charge >= 0.3 is 5.97 Å². The minimum atomic E-state index is -0.896. The second-order valence-corrected chi connectivity index (χ2v) is 5.06. The molecule has 2 aromatic heterocycles. The summed E-state index contributed by atoms with van der Waals surface area (Å²) in [7, 11) is 0. The molecule has 104 valence electrons. The number of nitrogens with zero attached hydrogens (tertiary/aromatic N) is 4. The summed E-state index contributed by atoms with van der Waals surface area (Å²) >= 11 is 0. The minimum absolute atomic E-state index is 0.325. The third-order valence-corrected chi connectivity index (χ3v) is 3.78. The normalized spacial score (nSPS) is 13.6. The standard InChI is InChI=1S/C15H12N4O2/c20-15(21)10-1-2-11-8-18(9-12(11)7-10)14-13-3-4-17-19(13)6-5-16-14/h1-7H,8-9H2,(H,20,21). The molecule has 0 aliphatic carbocycles. The van der Waals surface area contributed by atoms with Gasteiger partial charge in [0.1, 0.15) is 5.52 Å². The number of carboxylic acid groups (broad SMARTS) is 1. The third-order valence-electron chi connectivity index (χ3n) is 3.78. The summed E-state index contributed by atoms with van der Waals surface area (Å²) in [5.41, 5.74) is 3.46. The SMILES string of the molecule is O=C(O)c1ccc2c(c1)CN(c1nccn3nccc13)C2. The summed E-state index contributed by atoms with van der Waals surface area (Å²) in [4.78, 5) is 17.6. The maximum atomic E-state index is 11.1. The number of carbonyl (C=O) groups is 1. The first-order valence-corrected chi connectivity index (χ1v) is 6.61. The average molecular weight is 280 g/mol. The van der Waals surface area contributed by atoms with E-state index >= 15 is 0 Å². The molecule has 21 heavy (non-hydrogen) atoms. The summed E-state index contributed by atoms with van der Waals surface area (Å²) < 4.78 is 1.79. The predicted molar refractivity (Wildman–Crippen MR) is 76.3 cm³/mol. The molecular weight excluding hydrogens is 268 g/mol. The highest BCUT2D eigenvalue weighted by molar-refractivity contribution is 5.88. The molecule has 3 aromatic rings. The molecule has 0 fully saturated rings. The molecule has 0 saturated carbocycles. The zero-order valence-electron chi connectivity index (χ0n) is 11.1. The largest absolute Gasteiger partial charge is 0.478 e. The second-order valence-electron chi connectivity index (χ2n) is 5.06. The summed E-state index contributed by atoms with van der Waals surface area (Å²) in [5.74, 6) is -0.0321. The van der Waals surface area contributed by atoms with Crippen molar-refractivity contribution in [2.24, 2.45) is 0 Å². The Bertz CT molecular complexity index is 856. The van der Waals surface area contributed by atoms with Crippen LogP contribution in [-0.4, -0.2) is 25.7 Å². The van der Waals surface area contributed by atoms with E-state index in [9.17, 15) is 4.79 Å². The molecule has 0 unspecified atom stereocenters. The van der Waals surface area contributed by atoms with Gasteiger partial charge in [0.15, 0.2) is 5.82 Å². The van der Waals surface area contributed by atoms with Crippen molar-refractivity contribution in [2.75, 3.05) is 4.90 Å². The minimum Gasteiger partial charge on any atom is -0.478 e. The fourth-order valence-electron chi connectivity index (χ4n) is 2.76. The van der Waals surface area contributed by atoms with Crippen LogP contribution in [0.2, 0.25) is 0 Å². The Morgan fingerprint density at radius 3 is 2.86 bits per heavy atom. The van der Waals surface area contributed by atoms with Crippen molar-refractivity contribution in [1.29, 1.82) is 0 Å². The van der Waals surface area contributed by atoms with Gasteiger partial charge in [0, 0.05) is 25.5 Å². The molecule has 3 heterocycles. The van der Waals surface area contributed by atoms with Gasteiger partial charge in [0.25, 0.3) is 0 Å². The molecule has 4 rings (SSSR count). The van der Waals surface area contributed by atoms with Crippen molar-refractivity contribution in [1.82, 2.24) is 14.6 Å². The first kappa shape index (κ1) is 11.9. The van der Waals surface area contributed by atoms with Gasteiger partial charge in [-0.25, -0.2) is 14.3 Å². The Labute approximate surface area is 120 Å². The van der Waals surface area contributed by atoms with Crippen LogP contribution in [0.15, 0.2) is 42.9 Å². The van der Waals surface area contributed by atoms with Gasteiger partial charge in [-0.2, -0.15) is 5.10 Å². The van der Waals surface area contributed by atoms with Crippen molar-refractivity contribution in [3.8, 4) is 0 Å². The zero-order valence-corrected chi connectivity index (χ0v) is 11.1. The van der Waals surface area contributed by atoms with Crippen LogP contribution in [0.3, 0.4) is 0 Å². The highest BCUT2D eigenvalue weighted by atomic mass is 16.4. The fraction of sp³-hybridized carbons (Fsp3) is 0.133. The maximum Gasteiger partial charge on any atom is 0.335 e. The Balaban J connectivity index is 1.73. The number of fused-ring (bicyclic) bond motifs is 2. The van der Waals surface area contributed by atoms with Crippen molar-refractivity contribution >= 4 is 17.3 Å². The van der Waals surface area contributed by atoms with Crippen LogP contribution >= 0.6 is 0 Å². The van der Waals surface area contributed by atoms with Gasteiger partial charge in [-0.15, -0.1) is 0 Å². The van der Waals surface area contributed by atoms with E-state index in [0.29, 0.717) is 12.1 Å². The molecule has 0 radical (unpaired) electrons. The Morgan fingerprint density at radius 2 is 2.00 bits per heavy atom. The highest BCUT2D eigenvalue weighted by Crippen LogP contribution is 2.29. The molecule has 1 aliphatic heterocycles. The van der Waals surface area contributed by atoms with Crippen LogP contribution in [0.5, 0.6) is 0 Å². The lowest BCUT2D eigenvalue weighted by molar-refractivity contribution is 0.0697. The number of anilines is 1. The Morgan fingerprint density at radius 1 is 1.14 bits per heavy atom. The molecular formula is C15H12N4O2. The van der Waals surface area contributed by atoms with Gasteiger partial charge in [0.05, 0.1) is 11.8 Å². The lowest BCUT2D eigenvalue weighted by Gasteiger charge is -2.17. The van der Waals surface area contributed by atoms with E-state index in [4.69, 9.17) is 5.11 Å². The average Bonchev–Trinajstić information content (AvgIpc) is 3.12. The van der Waals surface area contributed by atoms with E-state index in [1.807, 2.05) is 18.3 Å². The number of aromatic nitrogens is 3. The first-order chi connectivity index (χ1) is 10.2. The van der Waals surface area contributed by atoms with Crippen LogP contribution in [0, 0.1) is 0 Å². The predicted octanol–water partition coefficient (Wildman–Crippen LogP) is 1.95. The van der Waals surface area contributed by atoms with Gasteiger partial charge in [0.2, 0.25) is 0 Å². The molecule has 0 saturated heterocycles. The molecule has 0 bridgehead atoms. The van der Waals surface area contributed by atoms with E-state index in [0.717, 1.165) is 29.0 Å². The van der Waals surface area contributed by atoms with Crippen LogP contribution in [0.25, 0.3) is 5.52 Å². The van der Waals surface area contributed by atoms with E-state index in [1.165, 1.54) is 0 Å². The molecule has 0 spiro atoms. The smallest absolute Gasteiger partial charge is 0.335 e. The maximum absolute atomic E-state index is 11.1. The van der Waals surface area contributed by atoms with E-state index < -0.39 is 5.97 Å². The van der Waals surface area contributed by atoms with Crippen LogP contribution < -0.4 is 4.90 Å². The van der Waals surface area contributed by atoms with Crippen molar-refractivity contribution < 1.29 is 9.90 Å². The monoisotopic (exact) mass is 280 g/mol. The summed E-state index contributed by atoms with van der Waals surface area (Å²) in [6.07, 6.45) is 5.28. The van der Waals surface area contributed by atoms with Crippen LogP contribution in [0.1, 0.15) is 21.5 Å². The topological polar surface area (TPSA) is 70.7 Å². The van der Waals surface area contributed by atoms with E-state index in [2.05, 4.69) is 15.0 Å². The molecule has 1 N–H and O–H groups in total. The number of hydrogen-bond acceptors (Lipinski definition) is 4. The van der Waals surface area contributed by atoms with E-state index in [1.54, 1.807) is 29.0 Å². The van der Waals surface area contributed by atoms with Crippen molar-refractivity contribution in [2.45, 2.75) is 13.1 Å². The zero-order chi connectivity index (χ0) is 14.4. The van der Waals surface area contributed by atoms with E-state index in [-0.39, 0.29) is 0 Å². The fourth-order valence-corrected chi connectivity index (χ4v) is 2.76. The molecule has 0 atom stereocenters. The number of hydrogen-bond donors (Lipinski definition) is 1. The van der Waals surface area contributed by atoms with Gasteiger partial charge in [-0.3, -0.25) is 0 Å². The molecule has 1 aromatic carbocycles. The van der Waals surface area contributed by atoms with Crippen LogP contribution in [-0.2, 0) is 13.1 Å². The summed E-state index contributed by atoms with van der Waals surface area (Å²) in [6, 6.07) is 7.20. The molecule has 6 heteroatoms. The van der Waals surface area contributed by atoms with Gasteiger partial charge in [-0.05, 0) is 29.3 Å². The second kappa shape index (κ2) is 4.31.